The quantitative estimate of drug-likeness (QED) is 0.0603. The van der Waals surface area contributed by atoms with Crippen LogP contribution in [-0.4, -0.2) is 161 Å². The van der Waals surface area contributed by atoms with Crippen molar-refractivity contribution in [3.63, 3.8) is 0 Å². The predicted molar refractivity (Wildman–Crippen MR) is 330 cm³/mol. The molecule has 87 heavy (non-hydrogen) atoms. The number of ketones is 1. The number of nitrogens with two attached hydrogens (primary N) is 1. The van der Waals surface area contributed by atoms with Gasteiger partial charge in [0.2, 0.25) is 11.4 Å². The second kappa shape index (κ2) is 28.4. The fraction of sp³-hybridized carbons (Fsp3) is 0.350. The van der Waals surface area contributed by atoms with Crippen LogP contribution in [0, 0.1) is 54.8 Å². The lowest BCUT2D eigenvalue weighted by molar-refractivity contribution is -0.124. The van der Waals surface area contributed by atoms with Crippen LogP contribution in [0.5, 0.6) is 11.5 Å². The van der Waals surface area contributed by atoms with Gasteiger partial charge < -0.3 is 50.8 Å². The van der Waals surface area contributed by atoms with E-state index in [2.05, 4.69) is 116 Å². The summed E-state index contributed by atoms with van der Waals surface area (Å²) in [5, 5.41) is 11.9. The van der Waals surface area contributed by atoms with Crippen molar-refractivity contribution in [3.8, 4) is 35.7 Å². The van der Waals surface area contributed by atoms with E-state index in [0.717, 1.165) is 70.3 Å². The zero-order valence-electron chi connectivity index (χ0n) is 47.7. The number of hydrogen-bond acceptors (Lipinski definition) is 16. The standard InChI is InChI=1S/C27H27FN6O5.C15H12FN3O4.C13H17IN2O.C5H5IN2/c1-33-9-6-17(7-10-33)23(35)30-19-11-16(12-29-13-19)5-8-27(25(37)31-26(38)32-27)15-34-14-18-3-4-20(39-2)22(28)21(18)24(34)36;1-3-15(13(21)17-14(22)18-15)7-19-6-8-4-5-9(23-2)11(16)10(8)12(19)20;1-16-4-2-11(3-5-16)13(17)7-10-6-12(14)9-15-8-10;6-4-1-5(7)3-8-2-4/h3-4,11-13,17H,6-7,9-10,14-15H2,1-2H3,(H,30,35)(H2,31,32,37,38);1,4-5H,6-7H2,2H3,(H2,17,18,21,22);6,8-9,11H,2-5,7H2,1H3;1-3H,7H2/t27-;15-;;/m11../s1. The average Bonchev–Trinajstić information content (AvgIpc) is 1.70. The number of hydrogen-bond donors (Lipinski definition) is 6. The zero-order chi connectivity index (χ0) is 62.7. The molecule has 0 spiro atoms. The smallest absolute Gasteiger partial charge is 0.323 e. The lowest BCUT2D eigenvalue weighted by atomic mass is 9.90. The zero-order valence-corrected chi connectivity index (χ0v) is 52.0. The van der Waals surface area contributed by atoms with E-state index in [1.165, 1.54) is 48.5 Å². The van der Waals surface area contributed by atoms with Crippen molar-refractivity contribution in [1.29, 1.82) is 0 Å². The third-order valence-electron chi connectivity index (χ3n) is 15.1. The number of likely N-dealkylation sites (tertiary alicyclic amines) is 2. The molecule has 4 saturated heterocycles. The van der Waals surface area contributed by atoms with Gasteiger partial charge in [-0.05, 0) is 158 Å². The summed E-state index contributed by atoms with van der Waals surface area (Å²) in [6.45, 7) is 3.33. The number of carbonyl (C=O) groups is 8. The minimum absolute atomic E-state index is 0.0295. The fourth-order valence-electron chi connectivity index (χ4n) is 10.3. The first kappa shape index (κ1) is 64.6. The number of rotatable bonds is 11. The number of urea groups is 2. The van der Waals surface area contributed by atoms with Gasteiger partial charge in [0.05, 0.1) is 56.0 Å². The molecule has 27 heteroatoms. The van der Waals surface area contributed by atoms with Crippen molar-refractivity contribution >= 4 is 104 Å². The second-order valence-corrected chi connectivity index (χ2v) is 23.8. The largest absolute Gasteiger partial charge is 0.494 e. The molecule has 7 N–H and O–H groups in total. The third-order valence-corrected chi connectivity index (χ3v) is 16.3. The van der Waals surface area contributed by atoms with Gasteiger partial charge in [0, 0.05) is 75.0 Å². The molecule has 23 nitrogen and oxygen atoms in total. The molecule has 4 fully saturated rings. The first-order valence-corrected chi connectivity index (χ1v) is 29.4. The molecule has 11 rings (SSSR count). The van der Waals surface area contributed by atoms with E-state index < -0.39 is 58.4 Å². The molecule has 454 valence electrons. The number of fused-ring (bicyclic) bond motifs is 2. The molecule has 6 aliphatic heterocycles. The van der Waals surface area contributed by atoms with Gasteiger partial charge >= 0.3 is 12.1 Å². The normalized spacial score (nSPS) is 19.8. The Morgan fingerprint density at radius 1 is 0.701 bits per heavy atom. The van der Waals surface area contributed by atoms with E-state index in [9.17, 15) is 47.1 Å². The molecular weight excluding hydrogens is 1350 g/mol. The summed E-state index contributed by atoms with van der Waals surface area (Å²) < 4.78 is 41.1. The summed E-state index contributed by atoms with van der Waals surface area (Å²) in [5.41, 5.74) is 5.21. The van der Waals surface area contributed by atoms with Crippen molar-refractivity contribution in [2.24, 2.45) is 11.8 Å². The van der Waals surface area contributed by atoms with E-state index >= 15 is 0 Å². The van der Waals surface area contributed by atoms with Crippen LogP contribution in [0.3, 0.4) is 0 Å². The van der Waals surface area contributed by atoms with Crippen molar-refractivity contribution in [1.82, 2.24) is 55.8 Å². The van der Waals surface area contributed by atoms with Crippen LogP contribution in [0.2, 0.25) is 0 Å². The van der Waals surface area contributed by atoms with E-state index in [1.807, 2.05) is 30.7 Å². The molecule has 2 aromatic carbocycles. The summed E-state index contributed by atoms with van der Waals surface area (Å²) in [7, 11) is 6.74. The van der Waals surface area contributed by atoms with Gasteiger partial charge in [-0.15, -0.1) is 6.42 Å². The van der Waals surface area contributed by atoms with Gasteiger partial charge in [-0.3, -0.25) is 54.4 Å². The van der Waals surface area contributed by atoms with Gasteiger partial charge in [-0.1, -0.05) is 29.9 Å². The van der Waals surface area contributed by atoms with Crippen molar-refractivity contribution in [2.45, 2.75) is 56.3 Å². The number of ether oxygens (including phenoxy) is 2. The maximum absolute atomic E-state index is 14.8. The summed E-state index contributed by atoms with van der Waals surface area (Å²) in [5.74, 6) is 3.92. The second-order valence-electron chi connectivity index (χ2n) is 21.3. The Hall–Kier alpha value is -8.39. The highest BCUT2D eigenvalue weighted by Crippen LogP contribution is 2.34. The molecule has 0 aliphatic carbocycles. The molecule has 0 radical (unpaired) electrons. The highest BCUT2D eigenvalue weighted by molar-refractivity contribution is 14.1. The molecule has 2 atom stereocenters. The highest BCUT2D eigenvalue weighted by Gasteiger charge is 2.50. The number of carbonyl (C=O) groups excluding carboxylic acids is 8. The number of imide groups is 2. The number of Topliss-reactive ketones (excluding diaryl/α,β-unsaturated/α-hetero) is 1. The topological polar surface area (TPSA) is 293 Å². The minimum Gasteiger partial charge on any atom is -0.494 e. The number of terminal acetylenes is 1. The monoisotopic (exact) mass is 1420 g/mol. The number of anilines is 2. The number of piperidine rings is 2. The number of aromatic nitrogens is 3. The third kappa shape index (κ3) is 15.6. The van der Waals surface area contributed by atoms with Gasteiger partial charge in [0.25, 0.3) is 23.6 Å². The highest BCUT2D eigenvalue weighted by atomic mass is 127. The van der Waals surface area contributed by atoms with Gasteiger partial charge in [0.15, 0.2) is 28.7 Å². The first-order valence-electron chi connectivity index (χ1n) is 27.2. The van der Waals surface area contributed by atoms with Gasteiger partial charge in [-0.25, -0.2) is 18.4 Å². The molecule has 3 aromatic heterocycles. The number of benzene rings is 2. The number of halogens is 4. The summed E-state index contributed by atoms with van der Waals surface area (Å²) in [6, 6.07) is 10.0. The number of nitrogens with one attached hydrogen (secondary N) is 5. The molecular formula is C60H61F2I2N13O10. The summed E-state index contributed by atoms with van der Waals surface area (Å²) in [6.07, 6.45) is 19.4. The first-order chi connectivity index (χ1) is 41.5. The maximum Gasteiger partial charge on any atom is 0.323 e. The van der Waals surface area contributed by atoms with Crippen molar-refractivity contribution in [2.75, 3.05) is 78.6 Å². The lowest BCUT2D eigenvalue weighted by Crippen LogP contribution is -2.54. The molecule has 0 saturated carbocycles. The Bertz CT molecular complexity index is 3620. The van der Waals surface area contributed by atoms with E-state index in [4.69, 9.17) is 21.6 Å². The number of nitrogens with zero attached hydrogens (tertiary/aromatic N) is 7. The van der Waals surface area contributed by atoms with Gasteiger partial charge in [0.1, 0.15) is 5.78 Å². The molecule has 9 heterocycles. The Kier molecular flexibility index (Phi) is 21.1. The van der Waals surface area contributed by atoms with Crippen LogP contribution >= 0.6 is 45.2 Å². The number of pyridine rings is 3. The van der Waals surface area contributed by atoms with E-state index in [-0.39, 0.29) is 66.5 Å². The number of nitrogen functional groups attached to an aromatic ring is 1. The Labute approximate surface area is 527 Å². The molecule has 9 amide bonds. The molecule has 0 bridgehead atoms. The summed E-state index contributed by atoms with van der Waals surface area (Å²) in [4.78, 5) is 118. The Morgan fingerprint density at radius 3 is 1.67 bits per heavy atom. The van der Waals surface area contributed by atoms with E-state index in [1.54, 1.807) is 36.8 Å². The van der Waals surface area contributed by atoms with E-state index in [0.29, 0.717) is 34.6 Å². The van der Waals surface area contributed by atoms with Crippen LogP contribution in [0.4, 0.5) is 29.7 Å². The molecule has 5 aromatic rings. The van der Waals surface area contributed by atoms with Gasteiger partial charge in [-0.2, -0.15) is 0 Å². The van der Waals surface area contributed by atoms with Crippen molar-refractivity contribution in [3.05, 3.63) is 132 Å². The molecule has 0 unspecified atom stereocenters. The minimum atomic E-state index is -1.78. The van der Waals surface area contributed by atoms with Crippen LogP contribution in [0.15, 0.2) is 79.6 Å². The predicted octanol–water partition coefficient (Wildman–Crippen LogP) is 4.50. The van der Waals surface area contributed by atoms with Crippen LogP contribution in [0.25, 0.3) is 0 Å². The maximum atomic E-state index is 14.8. The Balaban J connectivity index is 0.000000172. The Morgan fingerprint density at radius 2 is 1.20 bits per heavy atom. The molecule has 6 aliphatic rings. The SMILES string of the molecule is C#C[C@]1(CN2Cc3ccc(OC)c(F)c3C2=O)NC(=O)NC1=O.CN1CCC(C(=O)Cc2cncc(I)c2)CC1.COc1ccc2c(c1F)C(=O)N(C[C@@]1(C#Cc3cncc(NC(=O)C4CCN(C)CC4)c3)NC(=O)NC1=O)C2.Nc1cncc(I)c1. The van der Waals surface area contributed by atoms with Crippen molar-refractivity contribution < 1.29 is 56.6 Å². The van der Waals surface area contributed by atoms with Crippen LogP contribution in [-0.2, 0) is 38.7 Å². The fourth-order valence-corrected chi connectivity index (χ4v) is 11.4. The van der Waals surface area contributed by atoms with Crippen LogP contribution in [0.1, 0.15) is 68.7 Å². The average molecular weight is 1420 g/mol. The lowest BCUT2D eigenvalue weighted by Gasteiger charge is -2.28. The number of amides is 9. The number of methoxy groups -OCH3 is 2. The van der Waals surface area contributed by atoms with Crippen LogP contribution < -0.4 is 41.8 Å². The summed E-state index contributed by atoms with van der Waals surface area (Å²) >= 11 is 4.39.